The Hall–Kier alpha value is -3.09. The van der Waals surface area contributed by atoms with Gasteiger partial charge in [0.2, 0.25) is 0 Å². The highest BCUT2D eigenvalue weighted by Gasteiger charge is 2.41. The van der Waals surface area contributed by atoms with Crippen LogP contribution in [-0.2, 0) is 9.59 Å². The zero-order valence-corrected chi connectivity index (χ0v) is 18.2. The number of nitrogens with zero attached hydrogens (tertiary/aromatic N) is 1. The summed E-state index contributed by atoms with van der Waals surface area (Å²) in [6, 6.07) is 14.3. The number of benzene rings is 2. The first-order valence-electron chi connectivity index (χ1n) is 9.26. The highest BCUT2D eigenvalue weighted by atomic mass is 35.5. The number of carbonyl (C=O) groups is 2. The lowest BCUT2D eigenvalue weighted by atomic mass is 10.1. The van der Waals surface area contributed by atoms with E-state index in [0.717, 1.165) is 11.1 Å². The number of aryl methyl sites for hydroxylation is 1. The molecular weight excluding hydrogens is 420 g/mol. The first-order valence-corrected chi connectivity index (χ1v) is 10.5. The van der Waals surface area contributed by atoms with Gasteiger partial charge in [0, 0.05) is 9.90 Å². The lowest BCUT2D eigenvalue weighted by molar-refractivity contribution is -0.120. The summed E-state index contributed by atoms with van der Waals surface area (Å²) in [5.41, 5.74) is 3.50. The molecule has 1 aromatic heterocycles. The molecule has 152 valence electrons. The van der Waals surface area contributed by atoms with Crippen LogP contribution in [0.3, 0.4) is 0 Å². The van der Waals surface area contributed by atoms with Crippen LogP contribution in [0.1, 0.15) is 16.0 Å². The highest BCUT2D eigenvalue weighted by molar-refractivity contribution is 7.11. The molecule has 1 N–H and O–H groups in total. The minimum atomic E-state index is -0.417. The van der Waals surface area contributed by atoms with E-state index in [-0.39, 0.29) is 11.6 Å². The van der Waals surface area contributed by atoms with Crippen LogP contribution in [0.25, 0.3) is 5.57 Å². The number of halogens is 1. The molecular formula is C23H19ClN2O3S. The second-order valence-corrected chi connectivity index (χ2v) is 8.25. The number of nitrogens with one attached hydrogen (secondary N) is 1. The fourth-order valence-electron chi connectivity index (χ4n) is 3.40. The van der Waals surface area contributed by atoms with Gasteiger partial charge in [-0.15, -0.1) is 11.3 Å². The van der Waals surface area contributed by atoms with Crippen LogP contribution in [0.2, 0.25) is 5.02 Å². The van der Waals surface area contributed by atoms with Crippen LogP contribution in [0.5, 0.6) is 5.75 Å². The normalized spacial score (nSPS) is 13.9. The Morgan fingerprint density at radius 3 is 2.53 bits per heavy atom. The summed E-state index contributed by atoms with van der Waals surface area (Å²) in [4.78, 5) is 28.9. The maximum atomic E-state index is 13.5. The molecule has 1 aliphatic heterocycles. The highest BCUT2D eigenvalue weighted by Crippen LogP contribution is 2.38. The molecule has 4 rings (SSSR count). The first kappa shape index (κ1) is 20.2. The monoisotopic (exact) mass is 438 g/mol. The Labute approximate surface area is 183 Å². The van der Waals surface area contributed by atoms with Crippen molar-refractivity contribution in [3.63, 3.8) is 0 Å². The molecule has 0 radical (unpaired) electrons. The van der Waals surface area contributed by atoms with Crippen molar-refractivity contribution < 1.29 is 14.3 Å². The minimum Gasteiger partial charge on any atom is -0.495 e. The van der Waals surface area contributed by atoms with Crippen molar-refractivity contribution in [3.8, 4) is 5.75 Å². The van der Waals surface area contributed by atoms with Crippen molar-refractivity contribution in [2.24, 2.45) is 0 Å². The van der Waals surface area contributed by atoms with E-state index in [1.165, 1.54) is 23.3 Å². The summed E-state index contributed by atoms with van der Waals surface area (Å²) in [5, 5.41) is 5.48. The second-order valence-electron chi connectivity index (χ2n) is 6.86. The molecule has 5 nitrogen and oxygen atoms in total. The fraction of sp³-hybridized carbons (Fsp3) is 0.130. The van der Waals surface area contributed by atoms with Gasteiger partial charge in [-0.05, 0) is 60.7 Å². The Morgan fingerprint density at radius 2 is 1.83 bits per heavy atom. The van der Waals surface area contributed by atoms with Crippen molar-refractivity contribution in [2.75, 3.05) is 17.3 Å². The Bertz CT molecular complexity index is 1190. The van der Waals surface area contributed by atoms with Crippen molar-refractivity contribution in [3.05, 3.63) is 80.6 Å². The summed E-state index contributed by atoms with van der Waals surface area (Å²) in [6.07, 6.45) is 0. The minimum absolute atomic E-state index is 0.198. The molecule has 2 amide bonds. The van der Waals surface area contributed by atoms with Crippen LogP contribution < -0.4 is 15.0 Å². The molecule has 0 unspecified atom stereocenters. The van der Waals surface area contributed by atoms with Crippen LogP contribution in [0, 0.1) is 13.8 Å². The molecule has 2 heterocycles. The van der Waals surface area contributed by atoms with E-state index in [2.05, 4.69) is 5.32 Å². The molecule has 0 spiro atoms. The summed E-state index contributed by atoms with van der Waals surface area (Å²) in [7, 11) is 1.53. The number of methoxy groups -OCH3 is 1. The molecule has 2 aromatic carbocycles. The average molecular weight is 439 g/mol. The predicted octanol–water partition coefficient (Wildman–Crippen LogP) is 5.42. The molecule has 30 heavy (non-hydrogen) atoms. The van der Waals surface area contributed by atoms with Gasteiger partial charge in [0.25, 0.3) is 11.8 Å². The molecule has 0 bridgehead atoms. The van der Waals surface area contributed by atoms with E-state index >= 15 is 0 Å². The van der Waals surface area contributed by atoms with Gasteiger partial charge in [0.1, 0.15) is 11.4 Å². The molecule has 3 aromatic rings. The van der Waals surface area contributed by atoms with E-state index < -0.39 is 5.91 Å². The maximum Gasteiger partial charge on any atom is 0.282 e. The van der Waals surface area contributed by atoms with Crippen LogP contribution in [0.4, 0.5) is 11.4 Å². The zero-order chi connectivity index (χ0) is 21.4. The number of hydrogen-bond donors (Lipinski definition) is 1. The van der Waals surface area contributed by atoms with Gasteiger partial charge in [0.05, 0.1) is 24.1 Å². The van der Waals surface area contributed by atoms with Crippen molar-refractivity contribution >= 4 is 51.7 Å². The van der Waals surface area contributed by atoms with Gasteiger partial charge in [-0.3, -0.25) is 9.59 Å². The second kappa shape index (κ2) is 7.97. The fourth-order valence-corrected chi connectivity index (χ4v) is 4.34. The molecule has 7 heteroatoms. The number of anilines is 2. The molecule has 0 saturated carbocycles. The largest absolute Gasteiger partial charge is 0.495 e. The maximum absolute atomic E-state index is 13.5. The van der Waals surface area contributed by atoms with Crippen LogP contribution in [0.15, 0.2) is 59.6 Å². The SMILES string of the molecule is COc1ccc(Cl)cc1NC1=C(c2cccs2)C(=O)N(c2cccc(C)c2C)C1=O. The van der Waals surface area contributed by atoms with E-state index in [1.54, 1.807) is 24.3 Å². The van der Waals surface area contributed by atoms with Crippen molar-refractivity contribution in [1.82, 2.24) is 0 Å². The third-order valence-electron chi connectivity index (χ3n) is 5.09. The molecule has 0 aliphatic carbocycles. The van der Waals surface area contributed by atoms with Gasteiger partial charge in [-0.2, -0.15) is 0 Å². The standard InChI is InChI=1S/C23H19ClN2O3S/c1-13-6-4-7-17(14(13)2)26-22(27)20(19-8-5-11-30-19)21(23(26)28)25-16-12-15(24)9-10-18(16)29-3/h4-12,25H,1-3H3. The quantitative estimate of drug-likeness (QED) is 0.540. The number of carbonyl (C=O) groups excluding carboxylic acids is 2. The molecule has 1 aliphatic rings. The van der Waals surface area contributed by atoms with Gasteiger partial charge >= 0.3 is 0 Å². The van der Waals surface area contributed by atoms with E-state index in [1.807, 2.05) is 43.5 Å². The summed E-state index contributed by atoms with van der Waals surface area (Å²) in [6.45, 7) is 3.86. The third kappa shape index (κ3) is 3.38. The first-order chi connectivity index (χ1) is 14.4. The van der Waals surface area contributed by atoms with Crippen molar-refractivity contribution in [2.45, 2.75) is 13.8 Å². The van der Waals surface area contributed by atoms with E-state index in [9.17, 15) is 9.59 Å². The number of hydrogen-bond acceptors (Lipinski definition) is 5. The smallest absolute Gasteiger partial charge is 0.282 e. The van der Waals surface area contributed by atoms with Gasteiger partial charge in [0.15, 0.2) is 0 Å². The van der Waals surface area contributed by atoms with Gasteiger partial charge in [-0.25, -0.2) is 4.90 Å². The van der Waals surface area contributed by atoms with Crippen LogP contribution in [-0.4, -0.2) is 18.9 Å². The van der Waals surface area contributed by atoms with E-state index in [4.69, 9.17) is 16.3 Å². The summed E-state index contributed by atoms with van der Waals surface area (Å²) >= 11 is 7.55. The predicted molar refractivity (Wildman–Crippen MR) is 121 cm³/mol. The Morgan fingerprint density at radius 1 is 1.03 bits per heavy atom. The number of imide groups is 1. The number of ether oxygens (including phenoxy) is 1. The lowest BCUT2D eigenvalue weighted by Gasteiger charge is -2.19. The number of thiophene rings is 1. The number of amides is 2. The lowest BCUT2D eigenvalue weighted by Crippen LogP contribution is -2.33. The topological polar surface area (TPSA) is 58.6 Å². The zero-order valence-electron chi connectivity index (χ0n) is 16.7. The Kier molecular flexibility index (Phi) is 5.37. The number of rotatable bonds is 5. The van der Waals surface area contributed by atoms with Crippen LogP contribution >= 0.6 is 22.9 Å². The molecule has 0 saturated heterocycles. The van der Waals surface area contributed by atoms with Crippen molar-refractivity contribution in [1.29, 1.82) is 0 Å². The summed E-state index contributed by atoms with van der Waals surface area (Å²) < 4.78 is 5.39. The van der Waals surface area contributed by atoms with E-state index in [0.29, 0.717) is 32.6 Å². The summed E-state index contributed by atoms with van der Waals surface area (Å²) in [5.74, 6) is -0.262. The van der Waals surface area contributed by atoms with Gasteiger partial charge in [-0.1, -0.05) is 29.8 Å². The third-order valence-corrected chi connectivity index (χ3v) is 6.21. The van der Waals surface area contributed by atoms with Gasteiger partial charge < -0.3 is 10.1 Å². The average Bonchev–Trinajstić information content (AvgIpc) is 3.32. The Balaban J connectivity index is 1.85. The molecule has 0 atom stereocenters. The molecule has 0 fully saturated rings.